The van der Waals surface area contributed by atoms with E-state index in [9.17, 15) is 33.9 Å². The lowest BCUT2D eigenvalue weighted by molar-refractivity contribution is -0.143. The maximum atomic E-state index is 14.2. The first-order valence-electron chi connectivity index (χ1n) is 19.3. The molecular weight excluding hydrogens is 692 g/mol. The second-order valence-electron chi connectivity index (χ2n) is 15.8. The standard InChI is InChI=1S/C40H62N6O8/c1-26(2)28-23-24-46-33(28)35(49)42-29(21-17-12-10-8-9-11-13-18-22-30(37(46)51)43-39(53)54-40(3,4)5)34(48)36(50)41-25-31(47)44-32(38(52)45(6)7)27-19-15-14-16-20-27/h8-9,14-16,19-20,26,28-30,32-34,48H,10-13,17-18,21-25H2,1-7H3,(H,41,50)(H,42,49)(H,43,53)(H,44,47)/b9-8+/t28-,29+,30+,32?,33+,34?/m1/s1. The number of nitrogens with one attached hydrogen (secondary N) is 4. The zero-order valence-corrected chi connectivity index (χ0v) is 33.1. The van der Waals surface area contributed by atoms with Gasteiger partial charge in [-0.15, -0.1) is 0 Å². The van der Waals surface area contributed by atoms with E-state index in [-0.39, 0.29) is 30.1 Å². The Morgan fingerprint density at radius 2 is 1.59 bits per heavy atom. The molecule has 0 saturated carbocycles. The van der Waals surface area contributed by atoms with Gasteiger partial charge in [0.1, 0.15) is 23.7 Å². The molecule has 1 fully saturated rings. The van der Waals surface area contributed by atoms with E-state index < -0.39 is 66.2 Å². The van der Waals surface area contributed by atoms with Crippen molar-refractivity contribution in [3.63, 3.8) is 0 Å². The van der Waals surface area contributed by atoms with Crippen molar-refractivity contribution in [1.82, 2.24) is 31.1 Å². The molecule has 300 valence electrons. The van der Waals surface area contributed by atoms with Crippen LogP contribution in [-0.4, -0.2) is 108 Å². The van der Waals surface area contributed by atoms with Gasteiger partial charge in [-0.05, 0) is 83.1 Å². The van der Waals surface area contributed by atoms with Gasteiger partial charge < -0.3 is 40.9 Å². The minimum absolute atomic E-state index is 0.0280. The summed E-state index contributed by atoms with van der Waals surface area (Å²) in [5, 5.41) is 22.1. The second kappa shape index (κ2) is 20.8. The zero-order valence-electron chi connectivity index (χ0n) is 33.1. The molecule has 2 unspecified atom stereocenters. The number of allylic oxidation sites excluding steroid dienone is 2. The summed E-state index contributed by atoms with van der Waals surface area (Å²) in [6.45, 7) is 8.98. The molecule has 6 amide bonds. The van der Waals surface area contributed by atoms with E-state index in [2.05, 4.69) is 33.4 Å². The van der Waals surface area contributed by atoms with Crippen molar-refractivity contribution in [2.45, 2.75) is 128 Å². The third-order valence-corrected chi connectivity index (χ3v) is 9.78. The van der Waals surface area contributed by atoms with Crippen molar-refractivity contribution in [3.05, 3.63) is 48.0 Å². The summed E-state index contributed by atoms with van der Waals surface area (Å²) in [4.78, 5) is 83.4. The van der Waals surface area contributed by atoms with Gasteiger partial charge in [0.05, 0.1) is 12.6 Å². The third kappa shape index (κ3) is 13.4. The Labute approximate surface area is 320 Å². The highest BCUT2D eigenvalue weighted by atomic mass is 16.6. The normalized spacial score (nSPS) is 23.5. The molecular formula is C40H62N6O8. The first kappa shape index (κ1) is 43.9. The molecule has 14 heteroatoms. The number of ether oxygens (including phenoxy) is 1. The molecule has 2 aliphatic rings. The molecule has 0 spiro atoms. The second-order valence-corrected chi connectivity index (χ2v) is 15.8. The smallest absolute Gasteiger partial charge is 0.408 e. The number of carbonyl (C=O) groups is 6. The van der Waals surface area contributed by atoms with E-state index in [1.807, 2.05) is 13.8 Å². The Morgan fingerprint density at radius 1 is 0.963 bits per heavy atom. The summed E-state index contributed by atoms with van der Waals surface area (Å²) in [7, 11) is 3.15. The first-order chi connectivity index (χ1) is 25.5. The van der Waals surface area contributed by atoms with Crippen LogP contribution in [0.5, 0.6) is 0 Å². The van der Waals surface area contributed by atoms with Crippen molar-refractivity contribution in [2.75, 3.05) is 27.2 Å². The van der Waals surface area contributed by atoms with E-state index >= 15 is 0 Å². The van der Waals surface area contributed by atoms with Crippen LogP contribution in [0, 0.1) is 11.8 Å². The summed E-state index contributed by atoms with van der Waals surface area (Å²) in [5.41, 5.74) is -0.198. The van der Waals surface area contributed by atoms with Gasteiger partial charge in [-0.25, -0.2) is 4.79 Å². The SMILES string of the molecule is CC(C)[C@H]1CCN2C(=O)[C@@H](NC(=O)OC(C)(C)C)CCCC/C=C/CCCC[C@@H](C(O)C(=O)NCC(=O)NC(C(=O)N(C)C)c3ccccc3)NC(=O)[C@H]12. The molecule has 0 radical (unpaired) electrons. The summed E-state index contributed by atoms with van der Waals surface area (Å²) >= 11 is 0. The zero-order chi connectivity index (χ0) is 40.0. The number of nitrogens with zero attached hydrogens (tertiary/aromatic N) is 2. The third-order valence-electron chi connectivity index (χ3n) is 9.78. The Balaban J connectivity index is 1.81. The largest absolute Gasteiger partial charge is 0.444 e. The van der Waals surface area contributed by atoms with E-state index in [0.717, 1.165) is 25.7 Å². The van der Waals surface area contributed by atoms with Crippen molar-refractivity contribution >= 4 is 35.6 Å². The number of rotatable bonds is 9. The fourth-order valence-corrected chi connectivity index (χ4v) is 6.91. The van der Waals surface area contributed by atoms with Crippen LogP contribution >= 0.6 is 0 Å². The van der Waals surface area contributed by atoms with Gasteiger partial charge in [0.2, 0.25) is 23.6 Å². The number of fused-ring (bicyclic) bond motifs is 1. The number of aliphatic hydroxyl groups excluding tert-OH is 1. The maximum Gasteiger partial charge on any atom is 0.408 e. The molecule has 2 heterocycles. The number of carbonyl (C=O) groups excluding carboxylic acids is 6. The first-order valence-corrected chi connectivity index (χ1v) is 19.3. The lowest BCUT2D eigenvalue weighted by Gasteiger charge is -2.34. The molecule has 1 aromatic carbocycles. The molecule has 54 heavy (non-hydrogen) atoms. The van der Waals surface area contributed by atoms with Crippen molar-refractivity contribution in [3.8, 4) is 0 Å². The van der Waals surface area contributed by atoms with E-state index in [4.69, 9.17) is 4.74 Å². The highest BCUT2D eigenvalue weighted by Gasteiger charge is 2.46. The van der Waals surface area contributed by atoms with Gasteiger partial charge in [-0.3, -0.25) is 24.0 Å². The van der Waals surface area contributed by atoms with Crippen molar-refractivity contribution in [2.24, 2.45) is 11.8 Å². The van der Waals surface area contributed by atoms with Gasteiger partial charge in [-0.2, -0.15) is 0 Å². The molecule has 1 aromatic rings. The molecule has 0 aromatic heterocycles. The van der Waals surface area contributed by atoms with E-state index in [1.54, 1.807) is 65.2 Å². The average Bonchev–Trinajstić information content (AvgIpc) is 3.57. The lowest BCUT2D eigenvalue weighted by atomic mass is 9.87. The summed E-state index contributed by atoms with van der Waals surface area (Å²) in [6, 6.07) is 4.91. The molecule has 0 aliphatic carbocycles. The van der Waals surface area contributed by atoms with Gasteiger partial charge in [0, 0.05) is 20.6 Å². The van der Waals surface area contributed by atoms with Gasteiger partial charge in [-0.1, -0.05) is 69.2 Å². The van der Waals surface area contributed by atoms with Crippen molar-refractivity contribution in [1.29, 1.82) is 0 Å². The van der Waals surface area contributed by atoms with Crippen LogP contribution in [-0.2, 0) is 28.7 Å². The predicted octanol–water partition coefficient (Wildman–Crippen LogP) is 3.35. The van der Waals surface area contributed by atoms with Gasteiger partial charge >= 0.3 is 6.09 Å². The topological polar surface area (TPSA) is 186 Å². The molecule has 1 saturated heterocycles. The molecule has 6 atom stereocenters. The number of aliphatic hydroxyl groups is 1. The minimum Gasteiger partial charge on any atom is -0.444 e. The molecule has 5 N–H and O–H groups in total. The average molecular weight is 755 g/mol. The Morgan fingerprint density at radius 3 is 2.19 bits per heavy atom. The molecule has 2 aliphatic heterocycles. The van der Waals surface area contributed by atoms with Crippen LogP contribution in [0.2, 0.25) is 0 Å². The van der Waals surface area contributed by atoms with Crippen LogP contribution in [0.1, 0.15) is 104 Å². The minimum atomic E-state index is -1.71. The van der Waals surface area contributed by atoms with Crippen LogP contribution in [0.4, 0.5) is 4.79 Å². The molecule has 0 bridgehead atoms. The highest BCUT2D eigenvalue weighted by molar-refractivity contribution is 5.94. The fraction of sp³-hybridized carbons (Fsp3) is 0.650. The quantitative estimate of drug-likeness (QED) is 0.238. The highest BCUT2D eigenvalue weighted by Crippen LogP contribution is 2.32. The van der Waals surface area contributed by atoms with Gasteiger partial charge in [0.15, 0.2) is 6.10 Å². The summed E-state index contributed by atoms with van der Waals surface area (Å²) in [6.07, 6.45) is 7.34. The van der Waals surface area contributed by atoms with Crippen LogP contribution < -0.4 is 21.3 Å². The van der Waals surface area contributed by atoms with Crippen LogP contribution in [0.25, 0.3) is 0 Å². The number of likely N-dealkylation sites (N-methyl/N-ethyl adjacent to an activating group) is 1. The lowest BCUT2D eigenvalue weighted by Crippen LogP contribution is -2.59. The van der Waals surface area contributed by atoms with Crippen molar-refractivity contribution < 1.29 is 38.6 Å². The Bertz CT molecular complexity index is 1460. The fourth-order valence-electron chi connectivity index (χ4n) is 6.91. The predicted molar refractivity (Wildman–Crippen MR) is 205 cm³/mol. The molecule has 3 rings (SSSR count). The molecule has 14 nitrogen and oxygen atoms in total. The maximum absolute atomic E-state index is 14.2. The van der Waals surface area contributed by atoms with E-state index in [0.29, 0.717) is 37.8 Å². The number of benzene rings is 1. The number of hydrogen-bond acceptors (Lipinski definition) is 8. The summed E-state index contributed by atoms with van der Waals surface area (Å²) in [5.74, 6) is -2.92. The van der Waals surface area contributed by atoms with Gasteiger partial charge in [0.25, 0.3) is 5.91 Å². The Hall–Kier alpha value is -4.46. The summed E-state index contributed by atoms with van der Waals surface area (Å²) < 4.78 is 5.47. The van der Waals surface area contributed by atoms with Crippen LogP contribution in [0.3, 0.4) is 0 Å². The monoisotopic (exact) mass is 754 g/mol. The van der Waals surface area contributed by atoms with Crippen LogP contribution in [0.15, 0.2) is 42.5 Å². The van der Waals surface area contributed by atoms with E-state index in [1.165, 1.54) is 9.80 Å². The number of amides is 6. The number of hydrogen-bond donors (Lipinski definition) is 5. The number of alkyl carbamates (subject to hydrolysis) is 1. The Kier molecular flexibility index (Phi) is 17.0.